The number of hydrogen-bond donors (Lipinski definition) is 0. The number of benzene rings is 1. The van der Waals surface area contributed by atoms with E-state index < -0.39 is 6.36 Å². The molecule has 24 heavy (non-hydrogen) atoms. The van der Waals surface area contributed by atoms with Crippen molar-refractivity contribution in [3.63, 3.8) is 0 Å². The van der Waals surface area contributed by atoms with Gasteiger partial charge in [0, 0.05) is 38.5 Å². The summed E-state index contributed by atoms with van der Waals surface area (Å²) in [4.78, 5) is 13.5. The molecule has 8 heteroatoms. The van der Waals surface area contributed by atoms with Crippen molar-refractivity contribution in [3.05, 3.63) is 53.9 Å². The summed E-state index contributed by atoms with van der Waals surface area (Å²) in [5, 5.41) is 3.99. The molecule has 0 aliphatic carbocycles. The summed E-state index contributed by atoms with van der Waals surface area (Å²) in [5.41, 5.74) is 1.49. The number of hydrogen-bond acceptors (Lipinski definition) is 3. The number of aryl methyl sites for hydroxylation is 1. The van der Waals surface area contributed by atoms with E-state index in [9.17, 15) is 18.0 Å². The largest absolute Gasteiger partial charge is 0.573 e. The lowest BCUT2D eigenvalue weighted by Gasteiger charge is -2.15. The summed E-state index contributed by atoms with van der Waals surface area (Å²) in [6.07, 6.45) is 1.74. The zero-order chi connectivity index (χ0) is 17.7. The summed E-state index contributed by atoms with van der Waals surface area (Å²) < 4.78 is 41.7. The molecule has 0 spiro atoms. The van der Waals surface area contributed by atoms with Crippen LogP contribution in [0.25, 0.3) is 6.08 Å². The number of ether oxygens (including phenoxy) is 1. The molecule has 0 N–H and O–H groups in total. The van der Waals surface area contributed by atoms with Gasteiger partial charge in [0.15, 0.2) is 0 Å². The number of likely N-dealkylation sites (N-methyl/N-ethyl adjacent to an activating group) is 1. The maximum Gasteiger partial charge on any atom is 0.573 e. The van der Waals surface area contributed by atoms with E-state index in [1.807, 2.05) is 0 Å². The third-order valence-electron chi connectivity index (χ3n) is 3.10. The number of alkyl halides is 3. The summed E-state index contributed by atoms with van der Waals surface area (Å²) in [6.45, 7) is 0.266. The van der Waals surface area contributed by atoms with Crippen LogP contribution in [-0.4, -0.2) is 34.0 Å². The smallest absolute Gasteiger partial charge is 0.406 e. The molecule has 0 atom stereocenters. The Balaban J connectivity index is 1.92. The molecular weight excluding hydrogens is 323 g/mol. The van der Waals surface area contributed by atoms with Crippen molar-refractivity contribution in [2.24, 2.45) is 7.05 Å². The van der Waals surface area contributed by atoms with Gasteiger partial charge in [0.25, 0.3) is 0 Å². The number of halogens is 3. The molecule has 128 valence electrons. The van der Waals surface area contributed by atoms with E-state index >= 15 is 0 Å². The molecule has 0 saturated carbocycles. The topological polar surface area (TPSA) is 47.4 Å². The minimum atomic E-state index is -4.72. The lowest BCUT2D eigenvalue weighted by molar-refractivity contribution is -0.274. The van der Waals surface area contributed by atoms with E-state index in [0.29, 0.717) is 5.56 Å². The van der Waals surface area contributed by atoms with Crippen molar-refractivity contribution in [3.8, 4) is 5.75 Å². The van der Waals surface area contributed by atoms with Gasteiger partial charge in [-0.15, -0.1) is 13.2 Å². The second-order valence-corrected chi connectivity index (χ2v) is 5.17. The van der Waals surface area contributed by atoms with Crippen LogP contribution in [0.2, 0.25) is 0 Å². The van der Waals surface area contributed by atoms with Crippen LogP contribution in [0.5, 0.6) is 5.75 Å². The van der Waals surface area contributed by atoms with Gasteiger partial charge in [0.1, 0.15) is 5.75 Å². The highest BCUT2D eigenvalue weighted by Crippen LogP contribution is 2.23. The van der Waals surface area contributed by atoms with E-state index in [1.54, 1.807) is 37.2 Å². The van der Waals surface area contributed by atoms with Gasteiger partial charge in [0.05, 0.1) is 6.20 Å². The van der Waals surface area contributed by atoms with E-state index in [4.69, 9.17) is 0 Å². The minimum Gasteiger partial charge on any atom is -0.406 e. The summed E-state index contributed by atoms with van der Waals surface area (Å²) >= 11 is 0. The van der Waals surface area contributed by atoms with E-state index in [-0.39, 0.29) is 18.2 Å². The second-order valence-electron chi connectivity index (χ2n) is 5.17. The minimum absolute atomic E-state index is 0.227. The fourth-order valence-electron chi connectivity index (χ4n) is 1.97. The molecule has 0 unspecified atom stereocenters. The molecule has 0 fully saturated rings. The van der Waals surface area contributed by atoms with Crippen molar-refractivity contribution in [2.45, 2.75) is 12.9 Å². The Bertz CT molecular complexity index is 721. The van der Waals surface area contributed by atoms with Gasteiger partial charge in [-0.25, -0.2) is 0 Å². The van der Waals surface area contributed by atoms with E-state index in [0.717, 1.165) is 5.56 Å². The van der Waals surface area contributed by atoms with Crippen molar-refractivity contribution in [1.29, 1.82) is 0 Å². The fraction of sp³-hybridized carbons (Fsp3) is 0.250. The molecule has 0 saturated heterocycles. The Morgan fingerprint density at radius 3 is 2.54 bits per heavy atom. The van der Waals surface area contributed by atoms with Gasteiger partial charge in [-0.1, -0.05) is 12.1 Å². The second kappa shape index (κ2) is 7.20. The molecule has 1 amide bonds. The van der Waals surface area contributed by atoms with Gasteiger partial charge in [0.2, 0.25) is 5.91 Å². The normalized spacial score (nSPS) is 11.7. The highest BCUT2D eigenvalue weighted by molar-refractivity contribution is 5.91. The van der Waals surface area contributed by atoms with E-state index in [2.05, 4.69) is 9.84 Å². The first-order valence-electron chi connectivity index (χ1n) is 6.99. The number of amides is 1. The maximum absolute atomic E-state index is 12.1. The summed E-state index contributed by atoms with van der Waals surface area (Å²) in [6, 6.07) is 5.39. The number of carbonyl (C=O) groups excluding carboxylic acids is 1. The summed E-state index contributed by atoms with van der Waals surface area (Å²) in [7, 11) is 3.38. The lowest BCUT2D eigenvalue weighted by atomic mass is 10.2. The highest BCUT2D eigenvalue weighted by Gasteiger charge is 2.30. The van der Waals surface area contributed by atoms with Crippen LogP contribution in [0, 0.1) is 0 Å². The molecule has 2 rings (SSSR count). The zero-order valence-electron chi connectivity index (χ0n) is 13.1. The molecule has 1 heterocycles. The molecule has 0 radical (unpaired) electrons. The van der Waals surface area contributed by atoms with Crippen LogP contribution in [0.15, 0.2) is 42.7 Å². The molecule has 0 aliphatic rings. The van der Waals surface area contributed by atoms with Gasteiger partial charge in [-0.2, -0.15) is 5.10 Å². The Kier molecular flexibility index (Phi) is 5.28. The van der Waals surface area contributed by atoms with Crippen LogP contribution in [-0.2, 0) is 18.4 Å². The van der Waals surface area contributed by atoms with Crippen molar-refractivity contribution < 1.29 is 22.7 Å². The predicted octanol–water partition coefficient (Wildman–Crippen LogP) is 2.99. The standard InChI is InChI=1S/C16H16F3N3O2/c1-21(15(23)8-5-13-9-20-22(2)11-13)10-12-3-6-14(7-4-12)24-16(17,18)19/h3-9,11H,10H2,1-2H3/b8-5+. The third kappa shape index (κ3) is 5.45. The Morgan fingerprint density at radius 2 is 2.00 bits per heavy atom. The average molecular weight is 339 g/mol. The Hall–Kier alpha value is -2.77. The SMILES string of the molecule is CN(Cc1ccc(OC(F)(F)F)cc1)C(=O)/C=C/c1cnn(C)c1. The lowest BCUT2D eigenvalue weighted by Crippen LogP contribution is -2.24. The van der Waals surface area contributed by atoms with Crippen LogP contribution in [0.4, 0.5) is 13.2 Å². The quantitative estimate of drug-likeness (QED) is 0.787. The predicted molar refractivity (Wildman–Crippen MR) is 81.8 cm³/mol. The van der Waals surface area contributed by atoms with Gasteiger partial charge in [-0.05, 0) is 23.8 Å². The number of aromatic nitrogens is 2. The molecule has 5 nitrogen and oxygen atoms in total. The maximum atomic E-state index is 12.1. The summed E-state index contributed by atoms with van der Waals surface area (Å²) in [5.74, 6) is -0.522. The van der Waals surface area contributed by atoms with Crippen molar-refractivity contribution in [1.82, 2.24) is 14.7 Å². The molecule has 0 bridgehead atoms. The van der Waals surface area contributed by atoms with Crippen LogP contribution >= 0.6 is 0 Å². The van der Waals surface area contributed by atoms with Crippen molar-refractivity contribution >= 4 is 12.0 Å². The number of rotatable bonds is 5. The van der Waals surface area contributed by atoms with Gasteiger partial charge >= 0.3 is 6.36 Å². The molecule has 0 aliphatic heterocycles. The van der Waals surface area contributed by atoms with Gasteiger partial charge in [-0.3, -0.25) is 9.48 Å². The van der Waals surface area contributed by atoms with Crippen LogP contribution < -0.4 is 4.74 Å². The number of nitrogens with zero attached hydrogens (tertiary/aromatic N) is 3. The van der Waals surface area contributed by atoms with E-state index in [1.165, 1.54) is 35.2 Å². The highest BCUT2D eigenvalue weighted by atomic mass is 19.4. The monoisotopic (exact) mass is 339 g/mol. The first-order chi connectivity index (χ1) is 11.2. The Labute approximate surface area is 136 Å². The fourth-order valence-corrected chi connectivity index (χ4v) is 1.97. The first-order valence-corrected chi connectivity index (χ1v) is 6.99. The molecule has 1 aromatic heterocycles. The third-order valence-corrected chi connectivity index (χ3v) is 3.10. The average Bonchev–Trinajstić information content (AvgIpc) is 2.91. The van der Waals surface area contributed by atoms with Crippen LogP contribution in [0.3, 0.4) is 0 Å². The molecule has 2 aromatic rings. The first kappa shape index (κ1) is 17.6. The van der Waals surface area contributed by atoms with Crippen LogP contribution in [0.1, 0.15) is 11.1 Å². The number of carbonyl (C=O) groups is 1. The zero-order valence-corrected chi connectivity index (χ0v) is 13.1. The Morgan fingerprint density at radius 1 is 1.33 bits per heavy atom. The van der Waals surface area contributed by atoms with Crippen molar-refractivity contribution in [2.75, 3.05) is 7.05 Å². The molecular formula is C16H16F3N3O2. The van der Waals surface area contributed by atoms with Gasteiger partial charge < -0.3 is 9.64 Å². The molecule has 1 aromatic carbocycles.